The van der Waals surface area contributed by atoms with Crippen LogP contribution in [0, 0.1) is 6.92 Å². The summed E-state index contributed by atoms with van der Waals surface area (Å²) in [5, 5.41) is 14.1. The fraction of sp³-hybridized carbons (Fsp3) is 0.441. The summed E-state index contributed by atoms with van der Waals surface area (Å²) in [7, 11) is 0. The molecule has 3 N–H and O–H groups in total. The predicted octanol–water partition coefficient (Wildman–Crippen LogP) is 4.80. The van der Waals surface area contributed by atoms with E-state index in [0.29, 0.717) is 38.2 Å². The molecule has 262 valence electrons. The number of H-pyrrole nitrogens is 1. The minimum atomic E-state index is -5.19. The second-order valence-corrected chi connectivity index (χ2v) is 14.8. The second-order valence-electron chi connectivity index (χ2n) is 12.5. The monoisotopic (exact) mass is 718 g/mol. The number of nitrogens with zero attached hydrogens (tertiary/aromatic N) is 2. The molecule has 2 aliphatic heterocycles. The predicted molar refractivity (Wildman–Crippen MR) is 180 cm³/mol. The molecule has 0 radical (unpaired) electrons. The number of ether oxygens (including phenoxy) is 2. The Labute approximate surface area is 288 Å². The van der Waals surface area contributed by atoms with Gasteiger partial charge in [0.25, 0.3) is 5.91 Å². The first-order valence-electron chi connectivity index (χ1n) is 16.0. The van der Waals surface area contributed by atoms with E-state index in [0.717, 1.165) is 65.2 Å². The van der Waals surface area contributed by atoms with Crippen LogP contribution < -0.4 is 14.9 Å². The minimum absolute atomic E-state index is 0.0719. The van der Waals surface area contributed by atoms with Gasteiger partial charge in [0.15, 0.2) is 5.75 Å². The molecule has 10 nitrogen and oxygen atoms in total. The van der Waals surface area contributed by atoms with Crippen molar-refractivity contribution in [2.45, 2.75) is 50.6 Å². The van der Waals surface area contributed by atoms with Gasteiger partial charge in [0, 0.05) is 43.2 Å². The molecule has 15 heteroatoms. The number of esters is 1. The number of thiophene rings is 1. The summed E-state index contributed by atoms with van der Waals surface area (Å²) < 4.78 is 49.1. The van der Waals surface area contributed by atoms with Crippen LogP contribution in [-0.2, 0) is 22.5 Å². The van der Waals surface area contributed by atoms with Crippen molar-refractivity contribution in [1.29, 1.82) is 0 Å². The van der Waals surface area contributed by atoms with E-state index in [1.807, 2.05) is 36.1 Å². The summed E-state index contributed by atoms with van der Waals surface area (Å²) >= 11 is 2.25. The topological polar surface area (TPSA) is 124 Å². The van der Waals surface area contributed by atoms with Crippen molar-refractivity contribution in [3.8, 4) is 5.75 Å². The molecule has 2 fully saturated rings. The van der Waals surface area contributed by atoms with Crippen molar-refractivity contribution < 1.29 is 37.3 Å². The molecule has 6 rings (SSSR count). The van der Waals surface area contributed by atoms with Gasteiger partial charge in [0.2, 0.25) is 0 Å². The van der Waals surface area contributed by atoms with Crippen LogP contribution in [0.2, 0.25) is 0 Å². The lowest BCUT2D eigenvalue weighted by Gasteiger charge is -2.47. The summed E-state index contributed by atoms with van der Waals surface area (Å²) in [6.45, 7) is 7.03. The zero-order valence-corrected chi connectivity index (χ0v) is 28.4. The van der Waals surface area contributed by atoms with E-state index in [-0.39, 0.29) is 28.3 Å². The Morgan fingerprint density at radius 3 is 2.61 bits per heavy atom. The summed E-state index contributed by atoms with van der Waals surface area (Å²) in [5.74, 6) is -2.75. The van der Waals surface area contributed by atoms with Crippen molar-refractivity contribution >= 4 is 44.8 Å². The zero-order valence-electron chi connectivity index (χ0n) is 26.8. The van der Waals surface area contributed by atoms with Crippen LogP contribution in [0.5, 0.6) is 5.75 Å². The van der Waals surface area contributed by atoms with Gasteiger partial charge in [-0.3, -0.25) is 14.5 Å². The lowest BCUT2D eigenvalue weighted by Crippen LogP contribution is -2.57. The molecule has 49 heavy (non-hydrogen) atoms. The van der Waals surface area contributed by atoms with Crippen LogP contribution in [0.3, 0.4) is 0 Å². The van der Waals surface area contributed by atoms with Gasteiger partial charge in [0.05, 0.1) is 34.4 Å². The number of carbonyl (C=O) groups is 2. The molecular weight excluding hydrogens is 682 g/mol. The number of amides is 1. The summed E-state index contributed by atoms with van der Waals surface area (Å²) in [4.78, 5) is 44.5. The Hall–Kier alpha value is -3.60. The molecule has 1 spiro atoms. The van der Waals surface area contributed by atoms with E-state index >= 15 is 0 Å². The molecule has 4 aromatic rings. The number of piperidine rings is 1. The van der Waals surface area contributed by atoms with Gasteiger partial charge in [-0.15, -0.1) is 11.3 Å². The lowest BCUT2D eigenvalue weighted by molar-refractivity contribution is -0.189. The number of aryl methyl sites for hydroxylation is 1. The van der Waals surface area contributed by atoms with Crippen molar-refractivity contribution in [2.75, 3.05) is 45.9 Å². The number of halogens is 3. The van der Waals surface area contributed by atoms with Gasteiger partial charge in [-0.05, 0) is 62.1 Å². The number of hydrogen-bond donors (Lipinski definition) is 3. The second kappa shape index (κ2) is 14.7. The van der Waals surface area contributed by atoms with Gasteiger partial charge >= 0.3 is 17.0 Å². The summed E-state index contributed by atoms with van der Waals surface area (Å²) in [6.07, 6.45) is -3.83. The number of aliphatic hydroxyl groups excluding tert-OH is 1. The average molecular weight is 719 g/mol. The molecule has 1 amide bonds. The van der Waals surface area contributed by atoms with Crippen molar-refractivity contribution in [3.63, 3.8) is 0 Å². The Bertz CT molecular complexity index is 1860. The quantitative estimate of drug-likeness (QED) is 0.122. The highest BCUT2D eigenvalue weighted by Crippen LogP contribution is 2.34. The smallest absolute Gasteiger partial charge is 0.418 e. The van der Waals surface area contributed by atoms with Gasteiger partial charge in [-0.2, -0.15) is 13.2 Å². The molecule has 1 unspecified atom stereocenters. The van der Waals surface area contributed by atoms with E-state index < -0.39 is 28.9 Å². The fourth-order valence-corrected chi connectivity index (χ4v) is 8.15. The van der Waals surface area contributed by atoms with Crippen LogP contribution in [0.4, 0.5) is 13.2 Å². The zero-order chi connectivity index (χ0) is 34.8. The number of alkyl halides is 3. The molecule has 0 saturated carbocycles. The van der Waals surface area contributed by atoms with E-state index in [9.17, 15) is 32.7 Å². The lowest BCUT2D eigenvalue weighted by atomic mass is 9.89. The first kappa shape index (κ1) is 35.2. The maximum atomic E-state index is 13.1. The number of likely N-dealkylation sites (tertiary alicyclic amines) is 1. The molecule has 2 aliphatic rings. The number of aromatic nitrogens is 1. The fourth-order valence-electron chi connectivity index (χ4n) is 6.40. The summed E-state index contributed by atoms with van der Waals surface area (Å²) in [5.41, 5.74) is 2.28. The van der Waals surface area contributed by atoms with Crippen LogP contribution in [0.25, 0.3) is 10.2 Å². The molecule has 0 bridgehead atoms. The molecule has 1 atom stereocenters. The van der Waals surface area contributed by atoms with Crippen LogP contribution in [0.1, 0.15) is 50.2 Å². The number of nitrogens with one attached hydrogen (secondary N) is 2. The number of hydrogen-bond acceptors (Lipinski definition) is 10. The standard InChI is InChI=1S/C34H37F3N4O6S2/c1-21-5-8-27(48-21)30(43)41-15-16-46-33(20-41)10-13-40(14-11-33)19-23-4-2-3-22(17-23)9-12-38-18-25(42)24-6-7-26(47-31(44)34(35,36)37)28-29(24)49-32(45)39-28/h2-8,17,25,38,42H,9-16,18-20H2,1H3,(H,39,45). The van der Waals surface area contributed by atoms with Crippen LogP contribution in [0.15, 0.2) is 53.3 Å². The summed E-state index contributed by atoms with van der Waals surface area (Å²) in [6, 6.07) is 14.7. The number of rotatable bonds is 10. The number of carbonyl (C=O) groups excluding carboxylic acids is 2. The van der Waals surface area contributed by atoms with Crippen molar-refractivity contribution in [1.82, 2.24) is 20.1 Å². The van der Waals surface area contributed by atoms with Crippen molar-refractivity contribution in [3.05, 3.63) is 84.6 Å². The number of aliphatic hydroxyl groups is 1. The highest BCUT2D eigenvalue weighted by Gasteiger charge is 2.42. The van der Waals surface area contributed by atoms with E-state index in [2.05, 4.69) is 32.1 Å². The van der Waals surface area contributed by atoms with Crippen molar-refractivity contribution in [2.24, 2.45) is 0 Å². The normalized spacial score (nSPS) is 17.4. The molecule has 2 aromatic carbocycles. The number of morpholine rings is 1. The first-order valence-corrected chi connectivity index (χ1v) is 17.7. The number of fused-ring (bicyclic) bond motifs is 1. The number of thiazole rings is 1. The highest BCUT2D eigenvalue weighted by atomic mass is 32.1. The van der Waals surface area contributed by atoms with Gasteiger partial charge in [0.1, 0.15) is 5.52 Å². The molecule has 2 saturated heterocycles. The molecule has 2 aromatic heterocycles. The van der Waals surface area contributed by atoms with Gasteiger partial charge in [-0.1, -0.05) is 41.7 Å². The highest BCUT2D eigenvalue weighted by molar-refractivity contribution is 7.16. The molecular formula is C34H37F3N4O6S2. The van der Waals surface area contributed by atoms with Gasteiger partial charge in [-0.25, -0.2) is 4.79 Å². The van der Waals surface area contributed by atoms with E-state index in [1.54, 1.807) is 0 Å². The van der Waals surface area contributed by atoms with Crippen LogP contribution in [-0.4, -0.2) is 89.4 Å². The third-order valence-corrected chi connectivity index (χ3v) is 10.9. The number of aromatic amines is 1. The SMILES string of the molecule is Cc1ccc(C(=O)N2CCOC3(CCN(Cc4cccc(CCNCC(O)c5ccc(OC(=O)C(F)(F)F)c6[nH]c(=O)sc56)c4)CC3)C2)s1. The minimum Gasteiger partial charge on any atom is -0.418 e. The third kappa shape index (κ3) is 8.41. The van der Waals surface area contributed by atoms with E-state index in [4.69, 9.17) is 4.74 Å². The van der Waals surface area contributed by atoms with Gasteiger partial charge < -0.3 is 29.8 Å². The maximum Gasteiger partial charge on any atom is 0.491 e. The Morgan fingerprint density at radius 2 is 1.88 bits per heavy atom. The molecule has 4 heterocycles. The number of benzene rings is 2. The first-order chi connectivity index (χ1) is 23.4. The average Bonchev–Trinajstić information content (AvgIpc) is 3.69. The Kier molecular flexibility index (Phi) is 10.6. The largest absolute Gasteiger partial charge is 0.491 e. The van der Waals surface area contributed by atoms with E-state index in [1.165, 1.54) is 23.0 Å². The third-order valence-electron chi connectivity index (χ3n) is 8.94. The molecule has 0 aliphatic carbocycles. The Balaban J connectivity index is 0.976. The Morgan fingerprint density at radius 1 is 1.10 bits per heavy atom. The van der Waals surface area contributed by atoms with Crippen LogP contribution >= 0.6 is 22.7 Å². The maximum absolute atomic E-state index is 13.1.